The van der Waals surface area contributed by atoms with Gasteiger partial charge in [0.1, 0.15) is 12.1 Å². The standard InChI is InChI=1S/C35H41N5O5/c1-20(2)34(37-31(41)23-16-25-24-11-7-12-26-30(24)22(18-36-26)17-27(25)38(3)19-23)33(43)40-28(15-21-9-5-4-6-10-21)32(42)39-14-8-13-29(39)35(40,44)45-34/h4-7,9-12,18,20,23,25,27-29,36,44H,8,13-17,19H2,1-3H3,(H,37,41)/t23-,25?,27+,28+,29-,34+,35-/m0/s1. The van der Waals surface area contributed by atoms with Crippen molar-refractivity contribution >= 4 is 28.6 Å². The third-order valence-corrected chi connectivity index (χ3v) is 11.2. The van der Waals surface area contributed by atoms with Gasteiger partial charge in [-0.05, 0) is 55.5 Å². The molecule has 236 valence electrons. The number of H-pyrrole nitrogens is 1. The number of likely N-dealkylation sites (tertiary alicyclic amines) is 1. The normalized spacial score (nSPS) is 34.3. The van der Waals surface area contributed by atoms with Crippen LogP contribution in [0.15, 0.2) is 54.7 Å². The first-order valence-electron chi connectivity index (χ1n) is 16.3. The Kier molecular flexibility index (Phi) is 6.47. The SMILES string of the molecule is CC(C)[C@@]1(NC(=O)[C@H]2CC3c4cccc5[nH]cc(c45)C[C@H]3N(C)C2)O[C@@]2(O)[C@@H]3CCCN3C(=O)[C@@H](Cc3ccccc3)N2C1=O. The van der Waals surface area contributed by atoms with Crippen LogP contribution in [0.1, 0.15) is 55.7 Å². The molecule has 45 heavy (non-hydrogen) atoms. The summed E-state index contributed by atoms with van der Waals surface area (Å²) in [6.07, 6.45) is 5.12. The summed E-state index contributed by atoms with van der Waals surface area (Å²) in [6.45, 7) is 4.68. The third-order valence-electron chi connectivity index (χ3n) is 11.2. The van der Waals surface area contributed by atoms with E-state index in [1.165, 1.54) is 21.4 Å². The summed E-state index contributed by atoms with van der Waals surface area (Å²) in [4.78, 5) is 51.4. The van der Waals surface area contributed by atoms with Crippen molar-refractivity contribution in [3.05, 3.63) is 71.4 Å². The number of piperidine rings is 1. The van der Waals surface area contributed by atoms with E-state index in [-0.39, 0.29) is 30.2 Å². The van der Waals surface area contributed by atoms with E-state index in [1.54, 1.807) is 4.90 Å². The Bertz CT molecular complexity index is 1690. The number of hydrogen-bond acceptors (Lipinski definition) is 6. The number of likely N-dealkylation sites (N-methyl/N-ethyl adjacent to an activating group) is 1. The van der Waals surface area contributed by atoms with E-state index >= 15 is 0 Å². The van der Waals surface area contributed by atoms with E-state index in [4.69, 9.17) is 4.74 Å². The molecule has 0 bridgehead atoms. The molecule has 1 aromatic heterocycles. The van der Waals surface area contributed by atoms with Gasteiger partial charge in [0.05, 0.1) is 5.92 Å². The molecule has 3 aromatic rings. The Morgan fingerprint density at radius 2 is 1.96 bits per heavy atom. The number of piperazine rings is 1. The lowest BCUT2D eigenvalue weighted by molar-refractivity contribution is -0.321. The molecule has 3 amide bonds. The monoisotopic (exact) mass is 611 g/mol. The van der Waals surface area contributed by atoms with Crippen LogP contribution >= 0.6 is 0 Å². The minimum atomic E-state index is -2.04. The first-order valence-corrected chi connectivity index (χ1v) is 16.3. The Morgan fingerprint density at radius 3 is 2.73 bits per heavy atom. The van der Waals surface area contributed by atoms with E-state index in [1.807, 2.05) is 44.2 Å². The van der Waals surface area contributed by atoms with Crippen LogP contribution in [0.25, 0.3) is 10.9 Å². The van der Waals surface area contributed by atoms with E-state index in [0.29, 0.717) is 32.4 Å². The highest BCUT2D eigenvalue weighted by molar-refractivity contribution is 5.98. The minimum absolute atomic E-state index is 0.164. The van der Waals surface area contributed by atoms with Crippen LogP contribution in [0, 0.1) is 11.8 Å². The molecule has 1 unspecified atom stereocenters. The van der Waals surface area contributed by atoms with Crippen molar-refractivity contribution in [2.75, 3.05) is 20.1 Å². The Morgan fingerprint density at radius 1 is 1.16 bits per heavy atom. The van der Waals surface area contributed by atoms with Crippen molar-refractivity contribution in [1.82, 2.24) is 25.0 Å². The maximum atomic E-state index is 14.6. The molecule has 8 rings (SSSR count). The zero-order valence-corrected chi connectivity index (χ0v) is 26.0. The number of fused-ring (bicyclic) bond motifs is 5. The van der Waals surface area contributed by atoms with Gasteiger partial charge in [0.2, 0.25) is 17.5 Å². The van der Waals surface area contributed by atoms with Crippen LogP contribution in [0.4, 0.5) is 0 Å². The summed E-state index contributed by atoms with van der Waals surface area (Å²) in [5.41, 5.74) is 2.75. The van der Waals surface area contributed by atoms with Crippen molar-refractivity contribution in [1.29, 1.82) is 0 Å². The van der Waals surface area contributed by atoms with E-state index in [2.05, 4.69) is 46.6 Å². The fourth-order valence-corrected chi connectivity index (χ4v) is 8.99. The average Bonchev–Trinajstić information content (AvgIpc) is 3.74. The number of carbonyl (C=O) groups excluding carboxylic acids is 3. The first kappa shape index (κ1) is 28.7. The summed E-state index contributed by atoms with van der Waals surface area (Å²) in [6, 6.07) is 14.5. The van der Waals surface area contributed by atoms with Crippen LogP contribution < -0.4 is 5.32 Å². The second-order valence-electron chi connectivity index (χ2n) is 14.0. The summed E-state index contributed by atoms with van der Waals surface area (Å²) in [5, 5.41) is 16.6. The fraction of sp³-hybridized carbons (Fsp3) is 0.514. The highest BCUT2D eigenvalue weighted by Crippen LogP contribution is 2.49. The lowest BCUT2D eigenvalue weighted by atomic mass is 9.72. The van der Waals surface area contributed by atoms with E-state index < -0.39 is 41.5 Å². The van der Waals surface area contributed by atoms with Gasteiger partial charge in [0, 0.05) is 54.5 Å². The summed E-state index contributed by atoms with van der Waals surface area (Å²) in [5.74, 6) is -3.80. The van der Waals surface area contributed by atoms with Gasteiger partial charge < -0.3 is 25.2 Å². The first-order chi connectivity index (χ1) is 21.6. The number of carbonyl (C=O) groups is 3. The highest BCUT2D eigenvalue weighted by Gasteiger charge is 2.72. The van der Waals surface area contributed by atoms with Crippen molar-refractivity contribution in [2.45, 2.75) is 81.6 Å². The second-order valence-corrected chi connectivity index (χ2v) is 14.0. The Labute approximate surface area is 262 Å². The fourth-order valence-electron chi connectivity index (χ4n) is 8.99. The smallest absolute Gasteiger partial charge is 0.281 e. The van der Waals surface area contributed by atoms with E-state index in [0.717, 1.165) is 17.5 Å². The zero-order chi connectivity index (χ0) is 31.2. The van der Waals surface area contributed by atoms with Crippen molar-refractivity contribution in [3.63, 3.8) is 0 Å². The van der Waals surface area contributed by atoms with Crippen molar-refractivity contribution < 1.29 is 24.2 Å². The lowest BCUT2D eigenvalue weighted by Gasteiger charge is -2.48. The molecule has 4 saturated heterocycles. The van der Waals surface area contributed by atoms with Crippen molar-refractivity contribution in [3.8, 4) is 0 Å². The molecule has 10 nitrogen and oxygen atoms in total. The van der Waals surface area contributed by atoms with Crippen LogP contribution in [-0.4, -0.2) is 92.4 Å². The summed E-state index contributed by atoms with van der Waals surface area (Å²) < 4.78 is 6.51. The van der Waals surface area contributed by atoms with Gasteiger partial charge in [0.25, 0.3) is 11.8 Å². The molecule has 0 radical (unpaired) electrons. The zero-order valence-electron chi connectivity index (χ0n) is 26.0. The molecule has 3 N–H and O–H groups in total. The summed E-state index contributed by atoms with van der Waals surface area (Å²) in [7, 11) is 2.07. The van der Waals surface area contributed by atoms with Crippen molar-refractivity contribution in [2.24, 2.45) is 11.8 Å². The molecule has 0 saturated carbocycles. The molecular formula is C35H41N5O5. The molecule has 4 fully saturated rings. The number of amides is 3. The number of ether oxygens (including phenoxy) is 1. The largest absolute Gasteiger partial charge is 0.361 e. The summed E-state index contributed by atoms with van der Waals surface area (Å²) >= 11 is 0. The minimum Gasteiger partial charge on any atom is -0.361 e. The molecule has 7 atom stereocenters. The quantitative estimate of drug-likeness (QED) is 0.409. The molecule has 1 aliphatic carbocycles. The number of benzene rings is 2. The topological polar surface area (TPSA) is 118 Å². The number of aliphatic hydroxyl groups is 1. The van der Waals surface area contributed by atoms with Gasteiger partial charge in [-0.25, -0.2) is 0 Å². The second kappa shape index (κ2) is 10.1. The predicted molar refractivity (Wildman–Crippen MR) is 167 cm³/mol. The maximum absolute atomic E-state index is 14.6. The average molecular weight is 612 g/mol. The van der Waals surface area contributed by atoms with Gasteiger partial charge in [-0.2, -0.15) is 0 Å². The number of nitrogens with zero attached hydrogens (tertiary/aromatic N) is 3. The third kappa shape index (κ3) is 4.08. The molecule has 5 aliphatic rings. The van der Waals surface area contributed by atoms with Gasteiger partial charge in [0.15, 0.2) is 0 Å². The van der Waals surface area contributed by atoms with Gasteiger partial charge >= 0.3 is 0 Å². The maximum Gasteiger partial charge on any atom is 0.281 e. The number of rotatable bonds is 5. The Hall–Kier alpha value is -3.73. The number of nitrogens with one attached hydrogen (secondary N) is 2. The lowest BCUT2D eigenvalue weighted by Crippen LogP contribution is -2.71. The van der Waals surface area contributed by atoms with E-state index in [9.17, 15) is 19.5 Å². The molecule has 5 heterocycles. The molecule has 2 aromatic carbocycles. The predicted octanol–water partition coefficient (Wildman–Crippen LogP) is 2.72. The number of aromatic nitrogens is 1. The number of hydrogen-bond donors (Lipinski definition) is 3. The number of aromatic amines is 1. The van der Waals surface area contributed by atoms with Crippen LogP contribution in [0.3, 0.4) is 0 Å². The van der Waals surface area contributed by atoms with Gasteiger partial charge in [-0.1, -0.05) is 56.3 Å². The van der Waals surface area contributed by atoms with Crippen LogP contribution in [-0.2, 0) is 32.0 Å². The highest BCUT2D eigenvalue weighted by atomic mass is 16.7. The van der Waals surface area contributed by atoms with Crippen LogP contribution in [0.5, 0.6) is 0 Å². The van der Waals surface area contributed by atoms with Crippen LogP contribution in [0.2, 0.25) is 0 Å². The Balaban J connectivity index is 1.12. The molecule has 4 aliphatic heterocycles. The van der Waals surface area contributed by atoms with Gasteiger partial charge in [-0.15, -0.1) is 0 Å². The van der Waals surface area contributed by atoms with Gasteiger partial charge in [-0.3, -0.25) is 24.0 Å². The molecule has 10 heteroatoms. The molecular weight excluding hydrogens is 570 g/mol. The molecule has 0 spiro atoms.